The van der Waals surface area contributed by atoms with Crippen LogP contribution < -0.4 is 5.73 Å². The van der Waals surface area contributed by atoms with Crippen molar-refractivity contribution in [3.8, 4) is 0 Å². The van der Waals surface area contributed by atoms with Crippen molar-refractivity contribution in [2.75, 3.05) is 24.6 Å². The molecule has 1 unspecified atom stereocenters. The van der Waals surface area contributed by atoms with Gasteiger partial charge in [0, 0.05) is 37.1 Å². The molecule has 1 fully saturated rings. The standard InChI is InChI=1S/C9H16N2O3S/c10-8(12)1-2-11-3-4-15-6-7(11)5-9(13)14/h7H,1-6H2,(H2,10,12)(H,13,14). The fourth-order valence-electron chi connectivity index (χ4n) is 1.63. The lowest BCUT2D eigenvalue weighted by atomic mass is 10.2. The molecule has 0 aromatic rings. The third-order valence-electron chi connectivity index (χ3n) is 2.41. The number of nitrogens with two attached hydrogens (primary N) is 1. The first-order chi connectivity index (χ1) is 7.09. The van der Waals surface area contributed by atoms with Gasteiger partial charge in [-0.05, 0) is 0 Å². The molecule has 0 aliphatic carbocycles. The number of rotatable bonds is 5. The van der Waals surface area contributed by atoms with Gasteiger partial charge < -0.3 is 10.8 Å². The fourth-order valence-corrected chi connectivity index (χ4v) is 2.76. The maximum atomic E-state index is 10.6. The molecule has 1 saturated heterocycles. The zero-order chi connectivity index (χ0) is 11.3. The molecule has 5 nitrogen and oxygen atoms in total. The minimum absolute atomic E-state index is 0.0422. The molecule has 0 saturated carbocycles. The van der Waals surface area contributed by atoms with Gasteiger partial charge in [-0.3, -0.25) is 14.5 Å². The van der Waals surface area contributed by atoms with Gasteiger partial charge in [0.2, 0.25) is 5.91 Å². The lowest BCUT2D eigenvalue weighted by molar-refractivity contribution is -0.138. The summed E-state index contributed by atoms with van der Waals surface area (Å²) < 4.78 is 0. The van der Waals surface area contributed by atoms with Crippen molar-refractivity contribution in [1.82, 2.24) is 4.90 Å². The van der Waals surface area contributed by atoms with Gasteiger partial charge in [-0.15, -0.1) is 0 Å². The van der Waals surface area contributed by atoms with Crippen molar-refractivity contribution in [3.63, 3.8) is 0 Å². The third kappa shape index (κ3) is 4.53. The monoisotopic (exact) mass is 232 g/mol. The summed E-state index contributed by atoms with van der Waals surface area (Å²) in [5, 5.41) is 8.73. The quantitative estimate of drug-likeness (QED) is 0.683. The first-order valence-corrected chi connectivity index (χ1v) is 6.07. The Morgan fingerprint density at radius 3 is 2.87 bits per heavy atom. The average molecular weight is 232 g/mol. The summed E-state index contributed by atoms with van der Waals surface area (Å²) in [4.78, 5) is 23.3. The van der Waals surface area contributed by atoms with Gasteiger partial charge >= 0.3 is 5.97 Å². The number of amides is 1. The molecule has 1 aliphatic heterocycles. The SMILES string of the molecule is NC(=O)CCN1CCSCC1CC(=O)O. The minimum Gasteiger partial charge on any atom is -0.481 e. The minimum atomic E-state index is -0.786. The highest BCUT2D eigenvalue weighted by Crippen LogP contribution is 2.18. The first-order valence-electron chi connectivity index (χ1n) is 4.91. The van der Waals surface area contributed by atoms with E-state index in [1.807, 2.05) is 0 Å². The predicted octanol–water partition coefficient (Wildman–Crippen LogP) is -0.246. The number of nitrogens with zero attached hydrogens (tertiary/aromatic N) is 1. The number of carboxylic acids is 1. The highest BCUT2D eigenvalue weighted by Gasteiger charge is 2.24. The summed E-state index contributed by atoms with van der Waals surface area (Å²) in [6.45, 7) is 1.42. The summed E-state index contributed by atoms with van der Waals surface area (Å²) in [5.74, 6) is 0.703. The maximum absolute atomic E-state index is 10.6. The molecule has 6 heteroatoms. The summed E-state index contributed by atoms with van der Waals surface area (Å²) in [6.07, 6.45) is 0.451. The highest BCUT2D eigenvalue weighted by molar-refractivity contribution is 7.99. The summed E-state index contributed by atoms with van der Waals surface area (Å²) >= 11 is 1.76. The molecule has 1 amide bonds. The predicted molar refractivity (Wildman–Crippen MR) is 58.8 cm³/mol. The van der Waals surface area contributed by atoms with E-state index in [0.717, 1.165) is 18.1 Å². The van der Waals surface area contributed by atoms with E-state index >= 15 is 0 Å². The van der Waals surface area contributed by atoms with Crippen LogP contribution in [-0.2, 0) is 9.59 Å². The van der Waals surface area contributed by atoms with Crippen LogP contribution in [0.2, 0.25) is 0 Å². The van der Waals surface area contributed by atoms with Gasteiger partial charge in [0.25, 0.3) is 0 Å². The van der Waals surface area contributed by atoms with Crippen molar-refractivity contribution in [1.29, 1.82) is 0 Å². The van der Waals surface area contributed by atoms with Crippen LogP contribution in [0.25, 0.3) is 0 Å². The number of hydrogen-bond acceptors (Lipinski definition) is 4. The Balaban J connectivity index is 2.42. The molecule has 1 rings (SSSR count). The number of hydrogen-bond donors (Lipinski definition) is 2. The van der Waals surface area contributed by atoms with Gasteiger partial charge in [-0.1, -0.05) is 0 Å². The fraction of sp³-hybridized carbons (Fsp3) is 0.778. The number of carbonyl (C=O) groups is 2. The smallest absolute Gasteiger partial charge is 0.304 e. The Hall–Kier alpha value is -0.750. The van der Waals surface area contributed by atoms with Crippen LogP contribution in [0.5, 0.6) is 0 Å². The van der Waals surface area contributed by atoms with Crippen LogP contribution in [0.1, 0.15) is 12.8 Å². The van der Waals surface area contributed by atoms with Crippen molar-refractivity contribution in [2.45, 2.75) is 18.9 Å². The number of aliphatic carboxylic acids is 1. The van der Waals surface area contributed by atoms with Crippen molar-refractivity contribution >= 4 is 23.6 Å². The molecule has 0 radical (unpaired) electrons. The van der Waals surface area contributed by atoms with Gasteiger partial charge in [0.1, 0.15) is 0 Å². The Bertz CT molecular complexity index is 248. The van der Waals surface area contributed by atoms with Crippen LogP contribution in [0.15, 0.2) is 0 Å². The average Bonchev–Trinajstić information content (AvgIpc) is 2.15. The van der Waals surface area contributed by atoms with Gasteiger partial charge in [0.15, 0.2) is 0 Å². The summed E-state index contributed by atoms with van der Waals surface area (Å²) in [7, 11) is 0. The molecule has 0 aromatic carbocycles. The van der Waals surface area contributed by atoms with Crippen LogP contribution in [-0.4, -0.2) is 52.5 Å². The van der Waals surface area contributed by atoms with E-state index in [4.69, 9.17) is 10.8 Å². The molecule has 0 bridgehead atoms. The molecule has 3 N–H and O–H groups in total. The molecule has 1 atom stereocenters. The summed E-state index contributed by atoms with van der Waals surface area (Å²) in [6, 6.07) is 0.0422. The van der Waals surface area contributed by atoms with Crippen LogP contribution in [0.3, 0.4) is 0 Å². The number of carboxylic acid groups (broad SMARTS) is 1. The van der Waals surface area contributed by atoms with Crippen molar-refractivity contribution < 1.29 is 14.7 Å². The van der Waals surface area contributed by atoms with E-state index in [1.165, 1.54) is 0 Å². The van der Waals surface area contributed by atoms with Gasteiger partial charge in [-0.2, -0.15) is 11.8 Å². The Morgan fingerprint density at radius 1 is 1.53 bits per heavy atom. The highest BCUT2D eigenvalue weighted by atomic mass is 32.2. The number of carbonyl (C=O) groups excluding carboxylic acids is 1. The van der Waals surface area contributed by atoms with E-state index in [2.05, 4.69) is 4.90 Å². The Labute approximate surface area is 93.0 Å². The summed E-state index contributed by atoms with van der Waals surface area (Å²) in [5.41, 5.74) is 5.07. The van der Waals surface area contributed by atoms with E-state index < -0.39 is 5.97 Å². The largest absolute Gasteiger partial charge is 0.481 e. The number of primary amides is 1. The second kappa shape index (κ2) is 5.97. The normalized spacial score (nSPS) is 22.5. The molecular weight excluding hydrogens is 216 g/mol. The molecule has 0 spiro atoms. The van der Waals surface area contributed by atoms with E-state index in [9.17, 15) is 9.59 Å². The first kappa shape index (κ1) is 12.3. The van der Waals surface area contributed by atoms with E-state index in [0.29, 0.717) is 13.0 Å². The second-order valence-electron chi connectivity index (χ2n) is 3.58. The molecular formula is C9H16N2O3S. The third-order valence-corrected chi connectivity index (χ3v) is 3.50. The topological polar surface area (TPSA) is 83.6 Å². The lowest BCUT2D eigenvalue weighted by Crippen LogP contribution is -2.44. The maximum Gasteiger partial charge on any atom is 0.304 e. The van der Waals surface area contributed by atoms with Crippen LogP contribution in [0.4, 0.5) is 0 Å². The van der Waals surface area contributed by atoms with E-state index in [-0.39, 0.29) is 18.4 Å². The zero-order valence-corrected chi connectivity index (χ0v) is 9.33. The van der Waals surface area contributed by atoms with Crippen LogP contribution in [0, 0.1) is 0 Å². The molecule has 15 heavy (non-hydrogen) atoms. The zero-order valence-electron chi connectivity index (χ0n) is 8.52. The van der Waals surface area contributed by atoms with Crippen LogP contribution >= 0.6 is 11.8 Å². The Kier molecular flexibility index (Phi) is 4.90. The molecule has 86 valence electrons. The van der Waals surface area contributed by atoms with Crippen molar-refractivity contribution in [2.24, 2.45) is 5.73 Å². The Morgan fingerprint density at radius 2 is 2.27 bits per heavy atom. The molecule has 1 heterocycles. The van der Waals surface area contributed by atoms with E-state index in [1.54, 1.807) is 11.8 Å². The second-order valence-corrected chi connectivity index (χ2v) is 4.73. The van der Waals surface area contributed by atoms with Gasteiger partial charge in [-0.25, -0.2) is 0 Å². The van der Waals surface area contributed by atoms with Crippen molar-refractivity contribution in [3.05, 3.63) is 0 Å². The van der Waals surface area contributed by atoms with Gasteiger partial charge in [0.05, 0.1) is 6.42 Å². The lowest BCUT2D eigenvalue weighted by Gasteiger charge is -2.34. The molecule has 0 aromatic heterocycles. The number of thioether (sulfide) groups is 1. The molecule has 1 aliphatic rings.